The van der Waals surface area contributed by atoms with Crippen molar-refractivity contribution >= 4 is 23.1 Å². The summed E-state index contributed by atoms with van der Waals surface area (Å²) in [5.41, 5.74) is 4.41. The van der Waals surface area contributed by atoms with E-state index >= 15 is 0 Å². The minimum Gasteiger partial charge on any atom is -0.306 e. The van der Waals surface area contributed by atoms with Crippen molar-refractivity contribution in [2.24, 2.45) is 0 Å². The summed E-state index contributed by atoms with van der Waals surface area (Å²) < 4.78 is 1.68. The minimum atomic E-state index is -0.167. The summed E-state index contributed by atoms with van der Waals surface area (Å²) in [6, 6.07) is 19.3. The number of aryl methyl sites for hydroxylation is 2. The van der Waals surface area contributed by atoms with Crippen molar-refractivity contribution in [2.45, 2.75) is 13.8 Å². The zero-order chi connectivity index (χ0) is 18.8. The average molecular weight is 374 g/mol. The first kappa shape index (κ1) is 17.2. The molecule has 2 aromatic heterocycles. The van der Waals surface area contributed by atoms with Gasteiger partial charge >= 0.3 is 0 Å². The van der Waals surface area contributed by atoms with Gasteiger partial charge in [-0.2, -0.15) is 9.78 Å². The second-order valence-electron chi connectivity index (χ2n) is 6.29. The van der Waals surface area contributed by atoms with Crippen LogP contribution in [-0.2, 0) is 0 Å². The molecule has 4 aromatic rings. The molecule has 0 atom stereocenters. The first-order chi connectivity index (χ1) is 13.1. The lowest BCUT2D eigenvalue weighted by atomic mass is 10.1. The Morgan fingerprint density at radius 1 is 1.04 bits per heavy atom. The van der Waals surface area contributed by atoms with Gasteiger partial charge in [-0.1, -0.05) is 48.0 Å². The van der Waals surface area contributed by atoms with Crippen molar-refractivity contribution in [3.8, 4) is 16.4 Å². The number of hydrogen-bond donors (Lipinski definition) is 1. The third-order valence-corrected chi connectivity index (χ3v) is 4.91. The zero-order valence-electron chi connectivity index (χ0n) is 15.0. The van der Waals surface area contributed by atoms with Crippen molar-refractivity contribution in [1.29, 1.82) is 0 Å². The highest BCUT2D eigenvalue weighted by Gasteiger charge is 2.15. The van der Waals surface area contributed by atoms with Crippen LogP contribution in [0.4, 0.5) is 5.82 Å². The smallest absolute Gasteiger partial charge is 0.256 e. The van der Waals surface area contributed by atoms with Gasteiger partial charge in [0.2, 0.25) is 5.13 Å². The molecule has 1 amide bonds. The standard InChI is InChI=1S/C21H18N4OS/c1-14-7-6-10-17(11-14)20(26)23-19-12-15(2)24-25(19)21-22-18(13-27-21)16-8-4-3-5-9-16/h3-13H,1-2H3,(H,23,26). The number of anilines is 1. The maximum atomic E-state index is 12.6. The zero-order valence-corrected chi connectivity index (χ0v) is 15.8. The van der Waals surface area contributed by atoms with Gasteiger partial charge in [-0.05, 0) is 26.0 Å². The number of amides is 1. The third-order valence-electron chi connectivity index (χ3n) is 4.10. The highest BCUT2D eigenvalue weighted by molar-refractivity contribution is 7.12. The molecule has 27 heavy (non-hydrogen) atoms. The summed E-state index contributed by atoms with van der Waals surface area (Å²) in [4.78, 5) is 17.3. The van der Waals surface area contributed by atoms with Gasteiger partial charge in [0.05, 0.1) is 11.4 Å². The van der Waals surface area contributed by atoms with Gasteiger partial charge in [0.25, 0.3) is 5.91 Å². The van der Waals surface area contributed by atoms with Crippen molar-refractivity contribution in [3.63, 3.8) is 0 Å². The van der Waals surface area contributed by atoms with Crippen LogP contribution in [0.15, 0.2) is 66.0 Å². The van der Waals surface area contributed by atoms with Crippen LogP contribution in [0.5, 0.6) is 0 Å². The summed E-state index contributed by atoms with van der Waals surface area (Å²) in [5, 5.41) is 10.2. The van der Waals surface area contributed by atoms with E-state index in [9.17, 15) is 4.79 Å². The molecular weight excluding hydrogens is 356 g/mol. The number of carbonyl (C=O) groups is 1. The number of nitrogens with one attached hydrogen (secondary N) is 1. The second-order valence-corrected chi connectivity index (χ2v) is 7.12. The number of nitrogens with zero attached hydrogens (tertiary/aromatic N) is 3. The van der Waals surface area contributed by atoms with E-state index < -0.39 is 0 Å². The lowest BCUT2D eigenvalue weighted by Crippen LogP contribution is -2.15. The Bertz CT molecular complexity index is 1100. The molecule has 0 aliphatic heterocycles. The number of carbonyl (C=O) groups excluding carboxylic acids is 1. The normalized spacial score (nSPS) is 10.7. The van der Waals surface area contributed by atoms with Crippen molar-refractivity contribution < 1.29 is 4.79 Å². The molecule has 0 aliphatic carbocycles. The molecule has 0 radical (unpaired) electrons. The number of thiazole rings is 1. The van der Waals surface area contributed by atoms with Crippen LogP contribution in [-0.4, -0.2) is 20.7 Å². The lowest BCUT2D eigenvalue weighted by molar-refractivity contribution is 0.102. The van der Waals surface area contributed by atoms with Gasteiger partial charge < -0.3 is 5.32 Å². The molecule has 0 saturated heterocycles. The molecule has 4 rings (SSSR count). The van der Waals surface area contributed by atoms with Gasteiger partial charge in [0, 0.05) is 22.6 Å². The van der Waals surface area contributed by atoms with E-state index in [1.807, 2.05) is 73.8 Å². The van der Waals surface area contributed by atoms with Crippen LogP contribution in [0.1, 0.15) is 21.6 Å². The van der Waals surface area contributed by atoms with E-state index in [1.54, 1.807) is 10.7 Å². The van der Waals surface area contributed by atoms with Crippen LogP contribution in [0.2, 0.25) is 0 Å². The van der Waals surface area contributed by atoms with Crippen LogP contribution < -0.4 is 5.32 Å². The second kappa shape index (κ2) is 7.17. The van der Waals surface area contributed by atoms with E-state index in [0.717, 1.165) is 22.5 Å². The minimum absolute atomic E-state index is 0.167. The summed E-state index contributed by atoms with van der Waals surface area (Å²) >= 11 is 1.49. The van der Waals surface area contributed by atoms with Gasteiger partial charge in [0.1, 0.15) is 5.82 Å². The lowest BCUT2D eigenvalue weighted by Gasteiger charge is -2.07. The number of benzene rings is 2. The molecule has 0 spiro atoms. The van der Waals surface area contributed by atoms with Crippen molar-refractivity contribution in [1.82, 2.24) is 14.8 Å². The van der Waals surface area contributed by atoms with Gasteiger partial charge in [-0.3, -0.25) is 4.79 Å². The average Bonchev–Trinajstić information content (AvgIpc) is 3.29. The predicted octanol–water partition coefficient (Wildman–Crippen LogP) is 4.86. The van der Waals surface area contributed by atoms with Crippen molar-refractivity contribution in [2.75, 3.05) is 5.32 Å². The fourth-order valence-electron chi connectivity index (χ4n) is 2.81. The van der Waals surface area contributed by atoms with E-state index in [-0.39, 0.29) is 5.91 Å². The van der Waals surface area contributed by atoms with Gasteiger partial charge in [-0.25, -0.2) is 4.98 Å². The van der Waals surface area contributed by atoms with Gasteiger partial charge in [-0.15, -0.1) is 11.3 Å². The van der Waals surface area contributed by atoms with Crippen LogP contribution in [0.25, 0.3) is 16.4 Å². The maximum Gasteiger partial charge on any atom is 0.256 e. The summed E-state index contributed by atoms with van der Waals surface area (Å²) in [6.07, 6.45) is 0. The van der Waals surface area contributed by atoms with Crippen LogP contribution in [0, 0.1) is 13.8 Å². The Hall–Kier alpha value is -3.25. The summed E-state index contributed by atoms with van der Waals surface area (Å²) in [6.45, 7) is 3.86. The highest BCUT2D eigenvalue weighted by Crippen LogP contribution is 2.26. The Labute approximate surface area is 161 Å². The number of rotatable bonds is 4. The first-order valence-electron chi connectivity index (χ1n) is 8.56. The van der Waals surface area contributed by atoms with Crippen LogP contribution >= 0.6 is 11.3 Å². The molecule has 0 fully saturated rings. The largest absolute Gasteiger partial charge is 0.306 e. The van der Waals surface area contributed by atoms with E-state index in [0.29, 0.717) is 16.5 Å². The fourth-order valence-corrected chi connectivity index (χ4v) is 3.61. The van der Waals surface area contributed by atoms with E-state index in [1.165, 1.54) is 11.3 Å². The molecule has 0 bridgehead atoms. The Kier molecular flexibility index (Phi) is 4.56. The van der Waals surface area contributed by atoms with E-state index in [4.69, 9.17) is 0 Å². The monoisotopic (exact) mass is 374 g/mol. The molecule has 0 saturated carbocycles. The molecule has 2 aromatic carbocycles. The molecule has 1 N–H and O–H groups in total. The topological polar surface area (TPSA) is 59.8 Å². The van der Waals surface area contributed by atoms with Gasteiger partial charge in [0.15, 0.2) is 0 Å². The predicted molar refractivity (Wildman–Crippen MR) is 109 cm³/mol. The molecule has 2 heterocycles. The quantitative estimate of drug-likeness (QED) is 0.555. The number of hydrogen-bond acceptors (Lipinski definition) is 4. The number of aromatic nitrogens is 3. The van der Waals surface area contributed by atoms with E-state index in [2.05, 4.69) is 15.4 Å². The first-order valence-corrected chi connectivity index (χ1v) is 9.44. The highest BCUT2D eigenvalue weighted by atomic mass is 32.1. The Balaban J connectivity index is 1.64. The molecule has 0 aliphatic rings. The molecule has 0 unspecified atom stereocenters. The van der Waals surface area contributed by atoms with Crippen LogP contribution in [0.3, 0.4) is 0 Å². The Morgan fingerprint density at radius 3 is 2.63 bits per heavy atom. The van der Waals surface area contributed by atoms with Crippen molar-refractivity contribution in [3.05, 3.63) is 82.9 Å². The maximum absolute atomic E-state index is 12.6. The third kappa shape index (κ3) is 3.66. The molecular formula is C21H18N4OS. The molecule has 5 nitrogen and oxygen atoms in total. The summed E-state index contributed by atoms with van der Waals surface area (Å²) in [5.74, 6) is 0.438. The SMILES string of the molecule is Cc1cccc(C(=O)Nc2cc(C)nn2-c2nc(-c3ccccc3)cs2)c1. The Morgan fingerprint density at radius 2 is 1.85 bits per heavy atom. The molecule has 134 valence electrons. The molecule has 6 heteroatoms. The fraction of sp³-hybridized carbons (Fsp3) is 0.0952. The summed E-state index contributed by atoms with van der Waals surface area (Å²) in [7, 11) is 0.